The summed E-state index contributed by atoms with van der Waals surface area (Å²) in [6.45, 7) is 4.42. The molecule has 0 radical (unpaired) electrons. The molecule has 0 unspecified atom stereocenters. The van der Waals surface area contributed by atoms with Crippen LogP contribution in [0.25, 0.3) is 0 Å². The van der Waals surface area contributed by atoms with Gasteiger partial charge in [-0.1, -0.05) is 13.3 Å². The number of hydrogen-bond acceptors (Lipinski definition) is 2. The second-order valence-electron chi connectivity index (χ2n) is 3.36. The van der Waals surface area contributed by atoms with Crippen LogP contribution in [0.3, 0.4) is 0 Å². The van der Waals surface area contributed by atoms with Crippen molar-refractivity contribution in [3.63, 3.8) is 0 Å². The van der Waals surface area contributed by atoms with Gasteiger partial charge in [-0.05, 0) is 32.4 Å². The van der Waals surface area contributed by atoms with E-state index >= 15 is 0 Å². The van der Waals surface area contributed by atoms with Gasteiger partial charge in [0.05, 0.1) is 0 Å². The molecule has 2 heteroatoms. The standard InChI is InChI=1S/C8H18N2/c1-2-3-8(9)4-6-10-7-5-8/h10H,2-7,9H2,1H3. The summed E-state index contributed by atoms with van der Waals surface area (Å²) < 4.78 is 0. The van der Waals surface area contributed by atoms with Gasteiger partial charge in [-0.3, -0.25) is 0 Å². The van der Waals surface area contributed by atoms with E-state index in [1.807, 2.05) is 0 Å². The quantitative estimate of drug-likeness (QED) is 0.600. The van der Waals surface area contributed by atoms with Gasteiger partial charge in [0.25, 0.3) is 0 Å². The minimum atomic E-state index is 0.167. The smallest absolute Gasteiger partial charge is 0.0178 e. The van der Waals surface area contributed by atoms with Crippen LogP contribution in [0.15, 0.2) is 0 Å². The molecule has 10 heavy (non-hydrogen) atoms. The Morgan fingerprint density at radius 3 is 2.50 bits per heavy atom. The third-order valence-corrected chi connectivity index (χ3v) is 2.35. The average Bonchev–Trinajstić information content (AvgIpc) is 1.89. The number of nitrogens with one attached hydrogen (secondary N) is 1. The third-order valence-electron chi connectivity index (χ3n) is 2.35. The molecule has 0 aromatic rings. The van der Waals surface area contributed by atoms with Crippen LogP contribution >= 0.6 is 0 Å². The first-order chi connectivity index (χ1) is 4.77. The maximum Gasteiger partial charge on any atom is 0.0178 e. The summed E-state index contributed by atoms with van der Waals surface area (Å²) in [7, 11) is 0. The Morgan fingerprint density at radius 2 is 2.00 bits per heavy atom. The Morgan fingerprint density at radius 1 is 1.40 bits per heavy atom. The highest BCUT2D eigenvalue weighted by Gasteiger charge is 2.25. The topological polar surface area (TPSA) is 38.0 Å². The zero-order chi connectivity index (χ0) is 7.45. The van der Waals surface area contributed by atoms with Gasteiger partial charge in [0.15, 0.2) is 0 Å². The molecular weight excluding hydrogens is 124 g/mol. The summed E-state index contributed by atoms with van der Waals surface area (Å²) in [5.74, 6) is 0. The van der Waals surface area contributed by atoms with Gasteiger partial charge in [0.2, 0.25) is 0 Å². The summed E-state index contributed by atoms with van der Waals surface area (Å²) in [4.78, 5) is 0. The molecule has 0 aliphatic carbocycles. The predicted octanol–water partition coefficient (Wildman–Crippen LogP) is 0.867. The van der Waals surface area contributed by atoms with E-state index in [0.717, 1.165) is 25.9 Å². The van der Waals surface area contributed by atoms with Crippen LogP contribution in [0.5, 0.6) is 0 Å². The molecule has 1 heterocycles. The first-order valence-electron chi connectivity index (χ1n) is 4.26. The molecule has 1 aliphatic heterocycles. The van der Waals surface area contributed by atoms with E-state index in [1.165, 1.54) is 12.8 Å². The number of piperidine rings is 1. The molecule has 3 N–H and O–H groups in total. The van der Waals surface area contributed by atoms with E-state index in [-0.39, 0.29) is 5.54 Å². The Bertz CT molecular complexity index is 89.9. The van der Waals surface area contributed by atoms with Crippen LogP contribution in [0.1, 0.15) is 32.6 Å². The maximum atomic E-state index is 6.13. The molecule has 1 saturated heterocycles. The van der Waals surface area contributed by atoms with E-state index in [1.54, 1.807) is 0 Å². The van der Waals surface area contributed by atoms with Crippen molar-refractivity contribution in [1.82, 2.24) is 5.32 Å². The second kappa shape index (κ2) is 3.35. The molecule has 1 fully saturated rings. The van der Waals surface area contributed by atoms with Crippen molar-refractivity contribution >= 4 is 0 Å². The maximum absolute atomic E-state index is 6.13. The molecule has 0 atom stereocenters. The number of nitrogens with two attached hydrogens (primary N) is 1. The van der Waals surface area contributed by atoms with Crippen LogP contribution in [0.4, 0.5) is 0 Å². The molecule has 0 aromatic carbocycles. The summed E-state index contributed by atoms with van der Waals surface area (Å²) in [5.41, 5.74) is 6.30. The Labute approximate surface area is 63.2 Å². The van der Waals surface area contributed by atoms with Crippen LogP contribution in [0.2, 0.25) is 0 Å². The monoisotopic (exact) mass is 142 g/mol. The van der Waals surface area contributed by atoms with Crippen molar-refractivity contribution in [3.8, 4) is 0 Å². The van der Waals surface area contributed by atoms with E-state index in [4.69, 9.17) is 5.73 Å². The molecule has 60 valence electrons. The summed E-state index contributed by atoms with van der Waals surface area (Å²) in [6.07, 6.45) is 4.72. The minimum absolute atomic E-state index is 0.167. The van der Waals surface area contributed by atoms with Gasteiger partial charge in [-0.15, -0.1) is 0 Å². The van der Waals surface area contributed by atoms with Crippen molar-refractivity contribution in [1.29, 1.82) is 0 Å². The first kappa shape index (κ1) is 8.02. The van der Waals surface area contributed by atoms with E-state index in [0.29, 0.717) is 0 Å². The molecule has 0 bridgehead atoms. The fraction of sp³-hybridized carbons (Fsp3) is 1.00. The first-order valence-corrected chi connectivity index (χ1v) is 4.26. The highest BCUT2D eigenvalue weighted by atomic mass is 14.9. The average molecular weight is 142 g/mol. The fourth-order valence-electron chi connectivity index (χ4n) is 1.67. The van der Waals surface area contributed by atoms with Crippen molar-refractivity contribution in [3.05, 3.63) is 0 Å². The lowest BCUT2D eigenvalue weighted by molar-refractivity contribution is 0.289. The summed E-state index contributed by atoms with van der Waals surface area (Å²) in [6, 6.07) is 0. The van der Waals surface area contributed by atoms with Crippen molar-refractivity contribution in [2.24, 2.45) is 5.73 Å². The van der Waals surface area contributed by atoms with Crippen LogP contribution in [-0.4, -0.2) is 18.6 Å². The SMILES string of the molecule is CCCC1(N)CCNCC1. The lowest BCUT2D eigenvalue weighted by atomic mass is 9.85. The normalized spacial score (nSPS) is 24.6. The second-order valence-corrected chi connectivity index (χ2v) is 3.36. The van der Waals surface area contributed by atoms with Gasteiger partial charge in [-0.25, -0.2) is 0 Å². The van der Waals surface area contributed by atoms with Gasteiger partial charge < -0.3 is 11.1 Å². The number of rotatable bonds is 2. The summed E-state index contributed by atoms with van der Waals surface area (Å²) >= 11 is 0. The molecular formula is C8H18N2. The fourth-order valence-corrected chi connectivity index (χ4v) is 1.67. The molecule has 1 aliphatic rings. The van der Waals surface area contributed by atoms with Crippen LogP contribution in [0, 0.1) is 0 Å². The summed E-state index contributed by atoms with van der Waals surface area (Å²) in [5, 5.41) is 3.32. The minimum Gasteiger partial charge on any atom is -0.325 e. The molecule has 0 saturated carbocycles. The zero-order valence-corrected chi connectivity index (χ0v) is 6.82. The largest absolute Gasteiger partial charge is 0.325 e. The molecule has 0 amide bonds. The van der Waals surface area contributed by atoms with Crippen LogP contribution < -0.4 is 11.1 Å². The lowest BCUT2D eigenvalue weighted by Gasteiger charge is -2.33. The Balaban J connectivity index is 2.32. The predicted molar refractivity (Wildman–Crippen MR) is 43.9 cm³/mol. The van der Waals surface area contributed by atoms with Crippen molar-refractivity contribution in [2.45, 2.75) is 38.1 Å². The highest BCUT2D eigenvalue weighted by Crippen LogP contribution is 2.19. The molecule has 0 aromatic heterocycles. The Hall–Kier alpha value is -0.0800. The van der Waals surface area contributed by atoms with Crippen molar-refractivity contribution in [2.75, 3.05) is 13.1 Å². The zero-order valence-electron chi connectivity index (χ0n) is 6.82. The van der Waals surface area contributed by atoms with Gasteiger partial charge in [0.1, 0.15) is 0 Å². The Kier molecular flexibility index (Phi) is 2.69. The third kappa shape index (κ3) is 1.96. The van der Waals surface area contributed by atoms with E-state index in [9.17, 15) is 0 Å². The highest BCUT2D eigenvalue weighted by molar-refractivity contribution is 4.88. The van der Waals surface area contributed by atoms with Gasteiger partial charge in [0, 0.05) is 5.54 Å². The van der Waals surface area contributed by atoms with E-state index < -0.39 is 0 Å². The van der Waals surface area contributed by atoms with Gasteiger partial charge >= 0.3 is 0 Å². The molecule has 2 nitrogen and oxygen atoms in total. The van der Waals surface area contributed by atoms with Crippen LogP contribution in [-0.2, 0) is 0 Å². The van der Waals surface area contributed by atoms with Gasteiger partial charge in [-0.2, -0.15) is 0 Å². The molecule has 1 rings (SSSR count). The van der Waals surface area contributed by atoms with E-state index in [2.05, 4.69) is 12.2 Å². The lowest BCUT2D eigenvalue weighted by Crippen LogP contribution is -2.48. The van der Waals surface area contributed by atoms with Crippen molar-refractivity contribution < 1.29 is 0 Å². The molecule has 0 spiro atoms. The number of hydrogen-bond donors (Lipinski definition) is 2.